The normalized spacial score (nSPS) is 10.9. The number of nitrogens with zero attached hydrogens (tertiary/aromatic N) is 2. The molecule has 2 aromatic heterocycles. The Kier molecular flexibility index (Phi) is 7.67. The van der Waals surface area contributed by atoms with Gasteiger partial charge in [0.25, 0.3) is 0 Å². The molecule has 9 heteroatoms. The standard InChI is InChI=1S/C23H22N2O6S/c1-14-9-15(2)25-23(24-14)32-13-17-11-18(26)21(12-30-17)31-22(27)8-6-16-5-7-19(28-3)20(10-16)29-4/h5-12H,13H2,1-4H3. The SMILES string of the molecule is COc1ccc(C=CC(=O)Oc2coc(CSc3nc(C)cc(C)n3)cc2=O)cc1OC. The molecule has 0 aliphatic carbocycles. The fourth-order valence-corrected chi connectivity index (χ4v) is 3.59. The Morgan fingerprint density at radius 1 is 1.03 bits per heavy atom. The van der Waals surface area contributed by atoms with Gasteiger partial charge in [0, 0.05) is 23.5 Å². The van der Waals surface area contributed by atoms with Crippen LogP contribution in [0.5, 0.6) is 17.2 Å². The molecule has 0 aliphatic heterocycles. The molecule has 0 saturated heterocycles. The highest BCUT2D eigenvalue weighted by atomic mass is 32.2. The van der Waals surface area contributed by atoms with E-state index in [-0.39, 0.29) is 5.75 Å². The lowest BCUT2D eigenvalue weighted by Crippen LogP contribution is -2.12. The summed E-state index contributed by atoms with van der Waals surface area (Å²) in [5, 5.41) is 0.598. The van der Waals surface area contributed by atoms with Crippen molar-refractivity contribution in [3.63, 3.8) is 0 Å². The molecule has 8 nitrogen and oxygen atoms in total. The van der Waals surface area contributed by atoms with Gasteiger partial charge in [-0.1, -0.05) is 17.8 Å². The van der Waals surface area contributed by atoms with Crippen LogP contribution in [0.1, 0.15) is 22.7 Å². The summed E-state index contributed by atoms with van der Waals surface area (Å²) in [6.07, 6.45) is 3.88. The van der Waals surface area contributed by atoms with Crippen LogP contribution < -0.4 is 19.6 Å². The van der Waals surface area contributed by atoms with Gasteiger partial charge in [-0.25, -0.2) is 14.8 Å². The lowest BCUT2D eigenvalue weighted by molar-refractivity contribution is -0.129. The van der Waals surface area contributed by atoms with Gasteiger partial charge in [0.15, 0.2) is 16.7 Å². The molecule has 0 aliphatic rings. The molecular formula is C23H22N2O6S. The van der Waals surface area contributed by atoms with Crippen LogP contribution in [0.25, 0.3) is 6.08 Å². The average Bonchev–Trinajstić information content (AvgIpc) is 2.77. The van der Waals surface area contributed by atoms with Gasteiger partial charge in [-0.05, 0) is 43.7 Å². The summed E-state index contributed by atoms with van der Waals surface area (Å²) in [4.78, 5) is 33.1. The van der Waals surface area contributed by atoms with Crippen LogP contribution in [0, 0.1) is 13.8 Å². The third-order valence-electron chi connectivity index (χ3n) is 4.19. The zero-order valence-corrected chi connectivity index (χ0v) is 18.9. The summed E-state index contributed by atoms with van der Waals surface area (Å²) >= 11 is 1.35. The van der Waals surface area contributed by atoms with E-state index in [1.807, 2.05) is 19.9 Å². The first-order valence-electron chi connectivity index (χ1n) is 9.56. The van der Waals surface area contributed by atoms with Crippen LogP contribution in [0.15, 0.2) is 57.0 Å². The molecule has 3 rings (SSSR count). The van der Waals surface area contributed by atoms with E-state index in [0.29, 0.717) is 33.7 Å². The highest BCUT2D eigenvalue weighted by molar-refractivity contribution is 7.98. The number of aryl methyl sites for hydroxylation is 2. The molecule has 0 spiro atoms. The monoisotopic (exact) mass is 454 g/mol. The van der Waals surface area contributed by atoms with Crippen molar-refractivity contribution in [2.45, 2.75) is 24.8 Å². The summed E-state index contributed by atoms with van der Waals surface area (Å²) in [6.45, 7) is 3.78. The van der Waals surface area contributed by atoms with Crippen molar-refractivity contribution >= 4 is 23.8 Å². The first kappa shape index (κ1) is 23.1. The number of carbonyl (C=O) groups is 1. The predicted octanol–water partition coefficient (Wildman–Crippen LogP) is 3.97. The molecule has 0 amide bonds. The summed E-state index contributed by atoms with van der Waals surface area (Å²) in [5.41, 5.74) is 1.98. The van der Waals surface area contributed by atoms with E-state index in [1.54, 1.807) is 24.3 Å². The Morgan fingerprint density at radius 3 is 2.41 bits per heavy atom. The number of hydrogen-bond donors (Lipinski definition) is 0. The minimum Gasteiger partial charge on any atom is -0.493 e. The van der Waals surface area contributed by atoms with Gasteiger partial charge in [0.1, 0.15) is 12.0 Å². The molecule has 0 atom stereocenters. The summed E-state index contributed by atoms with van der Waals surface area (Å²) in [7, 11) is 3.06. The molecule has 0 radical (unpaired) electrons. The molecule has 2 heterocycles. The van der Waals surface area contributed by atoms with Crippen LogP contribution in [-0.2, 0) is 10.5 Å². The number of carbonyl (C=O) groups excluding carboxylic acids is 1. The number of methoxy groups -OCH3 is 2. The van der Waals surface area contributed by atoms with Gasteiger partial charge < -0.3 is 18.6 Å². The van der Waals surface area contributed by atoms with Gasteiger partial charge in [0.05, 0.1) is 20.0 Å². The Bertz CT molecular complexity index is 1190. The fraction of sp³-hybridized carbons (Fsp3) is 0.217. The van der Waals surface area contributed by atoms with Gasteiger partial charge >= 0.3 is 5.97 Å². The number of aromatic nitrogens is 2. The smallest absolute Gasteiger partial charge is 0.336 e. The first-order chi connectivity index (χ1) is 15.4. The Morgan fingerprint density at radius 2 is 1.75 bits per heavy atom. The zero-order valence-electron chi connectivity index (χ0n) is 18.1. The minimum absolute atomic E-state index is 0.191. The largest absolute Gasteiger partial charge is 0.493 e. The Hall–Kier alpha value is -3.59. The Labute approximate surface area is 189 Å². The number of ether oxygens (including phenoxy) is 3. The minimum atomic E-state index is -0.710. The second kappa shape index (κ2) is 10.6. The van der Waals surface area contributed by atoms with E-state index in [4.69, 9.17) is 18.6 Å². The second-order valence-electron chi connectivity index (χ2n) is 6.67. The number of thioether (sulfide) groups is 1. The zero-order chi connectivity index (χ0) is 23.1. The second-order valence-corrected chi connectivity index (χ2v) is 7.61. The van der Waals surface area contributed by atoms with Crippen LogP contribution >= 0.6 is 11.8 Å². The molecule has 0 bridgehead atoms. The van der Waals surface area contributed by atoms with Crippen LogP contribution in [-0.4, -0.2) is 30.2 Å². The summed E-state index contributed by atoms with van der Waals surface area (Å²) in [6, 6.07) is 8.36. The van der Waals surface area contributed by atoms with E-state index in [0.717, 1.165) is 17.7 Å². The highest BCUT2D eigenvalue weighted by Crippen LogP contribution is 2.28. The third-order valence-corrected chi connectivity index (χ3v) is 5.06. The molecule has 0 saturated carbocycles. The van der Waals surface area contributed by atoms with E-state index in [9.17, 15) is 9.59 Å². The molecular weight excluding hydrogens is 432 g/mol. The number of rotatable bonds is 8. The maximum atomic E-state index is 12.3. The van der Waals surface area contributed by atoms with Crippen molar-refractivity contribution < 1.29 is 23.4 Å². The highest BCUT2D eigenvalue weighted by Gasteiger charge is 2.10. The van der Waals surface area contributed by atoms with E-state index >= 15 is 0 Å². The van der Waals surface area contributed by atoms with Crippen LogP contribution in [0.4, 0.5) is 0 Å². The number of hydrogen-bond acceptors (Lipinski definition) is 9. The Balaban J connectivity index is 1.62. The van der Waals surface area contributed by atoms with Gasteiger partial charge in [-0.3, -0.25) is 4.79 Å². The van der Waals surface area contributed by atoms with Crippen molar-refractivity contribution in [3.05, 3.63) is 75.6 Å². The van der Waals surface area contributed by atoms with Crippen molar-refractivity contribution in [3.8, 4) is 17.2 Å². The van der Waals surface area contributed by atoms with E-state index < -0.39 is 11.4 Å². The molecule has 0 unspecified atom stereocenters. The van der Waals surface area contributed by atoms with Crippen molar-refractivity contribution in [1.82, 2.24) is 9.97 Å². The molecule has 166 valence electrons. The van der Waals surface area contributed by atoms with Gasteiger partial charge in [-0.2, -0.15) is 0 Å². The topological polar surface area (TPSA) is 101 Å². The number of benzene rings is 1. The third kappa shape index (κ3) is 6.21. The van der Waals surface area contributed by atoms with Gasteiger partial charge in [-0.15, -0.1) is 0 Å². The quantitative estimate of drug-likeness (QED) is 0.216. The maximum Gasteiger partial charge on any atom is 0.336 e. The lowest BCUT2D eigenvalue weighted by atomic mass is 10.2. The fourth-order valence-electron chi connectivity index (χ4n) is 2.75. The lowest BCUT2D eigenvalue weighted by Gasteiger charge is -2.07. The van der Waals surface area contributed by atoms with Crippen molar-refractivity contribution in [2.24, 2.45) is 0 Å². The molecule has 0 fully saturated rings. The van der Waals surface area contributed by atoms with E-state index in [1.165, 1.54) is 38.1 Å². The van der Waals surface area contributed by atoms with Crippen LogP contribution in [0.2, 0.25) is 0 Å². The first-order valence-corrected chi connectivity index (χ1v) is 10.5. The number of esters is 1. The molecule has 0 N–H and O–H groups in total. The molecule has 32 heavy (non-hydrogen) atoms. The molecule has 3 aromatic rings. The van der Waals surface area contributed by atoms with Crippen molar-refractivity contribution in [1.29, 1.82) is 0 Å². The predicted molar refractivity (Wildman–Crippen MR) is 120 cm³/mol. The van der Waals surface area contributed by atoms with E-state index in [2.05, 4.69) is 9.97 Å². The summed E-state index contributed by atoms with van der Waals surface area (Å²) in [5.74, 6) is 0.992. The van der Waals surface area contributed by atoms with Crippen molar-refractivity contribution in [2.75, 3.05) is 14.2 Å². The van der Waals surface area contributed by atoms with Gasteiger partial charge in [0.2, 0.25) is 11.2 Å². The van der Waals surface area contributed by atoms with Crippen LogP contribution in [0.3, 0.4) is 0 Å². The average molecular weight is 455 g/mol. The summed E-state index contributed by atoms with van der Waals surface area (Å²) < 4.78 is 20.9. The maximum absolute atomic E-state index is 12.3. The molecule has 1 aromatic carbocycles.